The first-order chi connectivity index (χ1) is 10.3. The molecule has 0 fully saturated rings. The Labute approximate surface area is 125 Å². The van der Waals surface area contributed by atoms with E-state index < -0.39 is 0 Å². The third-order valence-electron chi connectivity index (χ3n) is 3.47. The minimum Gasteiger partial charge on any atom is -0.252 e. The Morgan fingerprint density at radius 1 is 0.667 bits per heavy atom. The molecule has 0 aliphatic carbocycles. The standard InChI is InChI=1S/C20H17N/c1-16(17-10-4-2-5-11-17)21-20-15-9-8-14-19(20)18-12-6-3-7-13-18/h2-15H,1H3. The summed E-state index contributed by atoms with van der Waals surface area (Å²) in [6.07, 6.45) is 0. The van der Waals surface area contributed by atoms with E-state index in [9.17, 15) is 0 Å². The number of rotatable bonds is 3. The highest BCUT2D eigenvalue weighted by molar-refractivity contribution is 6.01. The summed E-state index contributed by atoms with van der Waals surface area (Å²) in [5, 5.41) is 0. The van der Waals surface area contributed by atoms with Crippen molar-refractivity contribution in [1.29, 1.82) is 0 Å². The van der Waals surface area contributed by atoms with Crippen LogP contribution in [0.1, 0.15) is 12.5 Å². The number of nitrogens with zero attached hydrogens (tertiary/aromatic N) is 1. The third-order valence-corrected chi connectivity index (χ3v) is 3.47. The highest BCUT2D eigenvalue weighted by atomic mass is 14.7. The number of hydrogen-bond acceptors (Lipinski definition) is 1. The molecule has 0 heterocycles. The topological polar surface area (TPSA) is 12.4 Å². The van der Waals surface area contributed by atoms with Crippen LogP contribution in [-0.2, 0) is 0 Å². The van der Waals surface area contributed by atoms with E-state index in [1.165, 1.54) is 5.56 Å². The first-order valence-electron chi connectivity index (χ1n) is 7.10. The van der Waals surface area contributed by atoms with E-state index in [-0.39, 0.29) is 0 Å². The molecule has 0 bridgehead atoms. The molecule has 0 N–H and O–H groups in total. The van der Waals surface area contributed by atoms with Crippen molar-refractivity contribution in [2.45, 2.75) is 6.92 Å². The van der Waals surface area contributed by atoms with Gasteiger partial charge in [-0.1, -0.05) is 78.9 Å². The molecular weight excluding hydrogens is 254 g/mol. The molecule has 1 nitrogen and oxygen atoms in total. The molecule has 3 aromatic rings. The van der Waals surface area contributed by atoms with E-state index in [0.717, 1.165) is 22.5 Å². The van der Waals surface area contributed by atoms with Crippen molar-refractivity contribution in [2.24, 2.45) is 4.99 Å². The molecule has 102 valence electrons. The Hall–Kier alpha value is -2.67. The van der Waals surface area contributed by atoms with Gasteiger partial charge in [0, 0.05) is 11.3 Å². The van der Waals surface area contributed by atoms with Gasteiger partial charge in [0.2, 0.25) is 0 Å². The first kappa shape index (κ1) is 13.3. The molecule has 0 unspecified atom stereocenters. The smallest absolute Gasteiger partial charge is 0.0711 e. The fraction of sp³-hybridized carbons (Fsp3) is 0.0500. The fourth-order valence-electron chi connectivity index (χ4n) is 2.36. The van der Waals surface area contributed by atoms with Crippen LogP contribution in [0.15, 0.2) is 89.9 Å². The van der Waals surface area contributed by atoms with Crippen molar-refractivity contribution in [3.05, 3.63) is 90.5 Å². The summed E-state index contributed by atoms with van der Waals surface area (Å²) in [6.45, 7) is 2.05. The second-order valence-corrected chi connectivity index (χ2v) is 4.95. The van der Waals surface area contributed by atoms with Crippen LogP contribution < -0.4 is 0 Å². The van der Waals surface area contributed by atoms with Crippen LogP contribution in [0.5, 0.6) is 0 Å². The summed E-state index contributed by atoms with van der Waals surface area (Å²) < 4.78 is 0. The molecule has 0 spiro atoms. The zero-order chi connectivity index (χ0) is 14.5. The SMILES string of the molecule is CC(=Nc1ccccc1-c1ccccc1)c1ccccc1. The maximum Gasteiger partial charge on any atom is 0.0711 e. The van der Waals surface area contributed by atoms with Gasteiger partial charge in [0.25, 0.3) is 0 Å². The van der Waals surface area contributed by atoms with E-state index in [1.807, 2.05) is 30.3 Å². The lowest BCUT2D eigenvalue weighted by molar-refractivity contribution is 1.47. The van der Waals surface area contributed by atoms with Crippen molar-refractivity contribution in [3.63, 3.8) is 0 Å². The predicted molar refractivity (Wildman–Crippen MR) is 90.2 cm³/mol. The number of aliphatic imine (C=N–C) groups is 1. The van der Waals surface area contributed by atoms with E-state index in [4.69, 9.17) is 4.99 Å². The predicted octanol–water partition coefficient (Wildman–Crippen LogP) is 5.49. The highest BCUT2D eigenvalue weighted by Gasteiger charge is 2.04. The van der Waals surface area contributed by atoms with E-state index in [1.54, 1.807) is 0 Å². The summed E-state index contributed by atoms with van der Waals surface area (Å²) >= 11 is 0. The van der Waals surface area contributed by atoms with Crippen molar-refractivity contribution in [3.8, 4) is 11.1 Å². The van der Waals surface area contributed by atoms with Crippen molar-refractivity contribution >= 4 is 11.4 Å². The average molecular weight is 271 g/mol. The molecule has 3 aromatic carbocycles. The molecule has 0 aliphatic heterocycles. The number of para-hydroxylation sites is 1. The lowest BCUT2D eigenvalue weighted by atomic mass is 10.0. The van der Waals surface area contributed by atoms with Gasteiger partial charge < -0.3 is 0 Å². The molecule has 0 amide bonds. The van der Waals surface area contributed by atoms with Crippen molar-refractivity contribution < 1.29 is 0 Å². The zero-order valence-corrected chi connectivity index (χ0v) is 12.0. The van der Waals surface area contributed by atoms with Gasteiger partial charge in [-0.05, 0) is 24.1 Å². The molecule has 0 aromatic heterocycles. The summed E-state index contributed by atoms with van der Waals surface area (Å²) in [4.78, 5) is 4.82. The van der Waals surface area contributed by atoms with Crippen molar-refractivity contribution in [2.75, 3.05) is 0 Å². The first-order valence-corrected chi connectivity index (χ1v) is 7.10. The van der Waals surface area contributed by atoms with Crippen LogP contribution in [0.25, 0.3) is 11.1 Å². The lowest BCUT2D eigenvalue weighted by Crippen LogP contribution is -1.93. The van der Waals surface area contributed by atoms with Crippen LogP contribution in [-0.4, -0.2) is 5.71 Å². The van der Waals surface area contributed by atoms with Crippen molar-refractivity contribution in [1.82, 2.24) is 0 Å². The summed E-state index contributed by atoms with van der Waals surface area (Å²) in [6, 6.07) is 28.9. The Morgan fingerprint density at radius 2 is 1.24 bits per heavy atom. The van der Waals surface area contributed by atoms with Gasteiger partial charge in [-0.2, -0.15) is 0 Å². The van der Waals surface area contributed by atoms with Crippen LogP contribution in [0, 0.1) is 0 Å². The van der Waals surface area contributed by atoms with Gasteiger partial charge in [-0.3, -0.25) is 4.99 Å². The lowest BCUT2D eigenvalue weighted by Gasteiger charge is -2.07. The molecular formula is C20H17N. The van der Waals surface area contributed by atoms with Gasteiger partial charge in [-0.15, -0.1) is 0 Å². The maximum atomic E-state index is 4.82. The summed E-state index contributed by atoms with van der Waals surface area (Å²) in [5.41, 5.74) is 5.54. The quantitative estimate of drug-likeness (QED) is 0.558. The minimum absolute atomic E-state index is 1.00. The Kier molecular flexibility index (Phi) is 3.92. The van der Waals surface area contributed by atoms with Gasteiger partial charge in [-0.25, -0.2) is 0 Å². The maximum absolute atomic E-state index is 4.82. The minimum atomic E-state index is 1.00. The van der Waals surface area contributed by atoms with E-state index in [0.29, 0.717) is 0 Å². The summed E-state index contributed by atoms with van der Waals surface area (Å²) in [5.74, 6) is 0. The summed E-state index contributed by atoms with van der Waals surface area (Å²) in [7, 11) is 0. The van der Waals surface area contributed by atoms with E-state index in [2.05, 4.69) is 61.5 Å². The van der Waals surface area contributed by atoms with Crippen LogP contribution >= 0.6 is 0 Å². The largest absolute Gasteiger partial charge is 0.252 e. The molecule has 3 rings (SSSR count). The molecule has 0 saturated heterocycles. The van der Waals surface area contributed by atoms with Gasteiger partial charge in [0.15, 0.2) is 0 Å². The third kappa shape index (κ3) is 3.09. The molecule has 0 aliphatic rings. The number of benzene rings is 3. The van der Waals surface area contributed by atoms with Crippen LogP contribution in [0.3, 0.4) is 0 Å². The Balaban J connectivity index is 2.04. The average Bonchev–Trinajstić information content (AvgIpc) is 2.57. The number of hydrogen-bond donors (Lipinski definition) is 0. The second-order valence-electron chi connectivity index (χ2n) is 4.95. The monoisotopic (exact) mass is 271 g/mol. The van der Waals surface area contributed by atoms with Gasteiger partial charge >= 0.3 is 0 Å². The molecule has 0 saturated carbocycles. The zero-order valence-electron chi connectivity index (χ0n) is 12.0. The molecule has 1 heteroatoms. The van der Waals surface area contributed by atoms with Crippen LogP contribution in [0.2, 0.25) is 0 Å². The molecule has 21 heavy (non-hydrogen) atoms. The second kappa shape index (κ2) is 6.19. The fourth-order valence-corrected chi connectivity index (χ4v) is 2.36. The van der Waals surface area contributed by atoms with Gasteiger partial charge in [0.05, 0.1) is 5.69 Å². The Bertz CT molecular complexity index is 743. The normalized spacial score (nSPS) is 11.4. The van der Waals surface area contributed by atoms with Gasteiger partial charge in [0.1, 0.15) is 0 Å². The molecule has 0 atom stereocenters. The molecule has 0 radical (unpaired) electrons. The Morgan fingerprint density at radius 3 is 1.95 bits per heavy atom. The van der Waals surface area contributed by atoms with Crippen LogP contribution in [0.4, 0.5) is 5.69 Å². The highest BCUT2D eigenvalue weighted by Crippen LogP contribution is 2.30. The van der Waals surface area contributed by atoms with E-state index >= 15 is 0 Å².